The first kappa shape index (κ1) is 16.1. The Morgan fingerprint density at radius 3 is 2.29 bits per heavy atom. The second-order valence-electron chi connectivity index (χ2n) is 7.28. The molecule has 1 aromatic carbocycles. The summed E-state index contributed by atoms with van der Waals surface area (Å²) in [4.78, 5) is 15.3. The van der Waals surface area contributed by atoms with E-state index in [1.165, 1.54) is 0 Å². The summed E-state index contributed by atoms with van der Waals surface area (Å²) in [7, 11) is 0. The molecule has 1 fully saturated rings. The molecular formula is C19H29NO. The van der Waals surface area contributed by atoms with Gasteiger partial charge in [0.15, 0.2) is 0 Å². The third-order valence-corrected chi connectivity index (χ3v) is 4.70. The third-order valence-electron chi connectivity index (χ3n) is 4.70. The minimum atomic E-state index is -0.0160. The molecule has 0 aromatic heterocycles. The van der Waals surface area contributed by atoms with E-state index in [2.05, 4.69) is 51.7 Å². The highest BCUT2D eigenvalue weighted by atomic mass is 16.2. The van der Waals surface area contributed by atoms with E-state index >= 15 is 0 Å². The first-order valence-electron chi connectivity index (χ1n) is 8.27. The van der Waals surface area contributed by atoms with Gasteiger partial charge in [-0.15, -0.1) is 0 Å². The fraction of sp³-hybridized carbons (Fsp3) is 0.632. The maximum atomic E-state index is 13.2. The van der Waals surface area contributed by atoms with E-state index in [1.807, 2.05) is 18.2 Å². The number of hydrogen-bond donors (Lipinski definition) is 0. The average Bonchev–Trinajstić information content (AvgIpc) is 2.82. The van der Waals surface area contributed by atoms with Gasteiger partial charge in [-0.2, -0.15) is 0 Å². The van der Waals surface area contributed by atoms with Gasteiger partial charge in [-0.05, 0) is 29.7 Å². The van der Waals surface area contributed by atoms with Crippen LogP contribution >= 0.6 is 0 Å². The quantitative estimate of drug-likeness (QED) is 0.807. The molecule has 1 amide bonds. The van der Waals surface area contributed by atoms with E-state index in [4.69, 9.17) is 0 Å². The number of amides is 1. The molecule has 2 heteroatoms. The molecule has 0 bridgehead atoms. The van der Waals surface area contributed by atoms with Crippen molar-refractivity contribution in [2.75, 3.05) is 6.54 Å². The second kappa shape index (κ2) is 6.64. The van der Waals surface area contributed by atoms with Crippen LogP contribution in [0.2, 0.25) is 0 Å². The molecule has 1 aliphatic rings. The Morgan fingerprint density at radius 1 is 1.14 bits per heavy atom. The largest absolute Gasteiger partial charge is 0.339 e. The molecule has 1 aromatic rings. The van der Waals surface area contributed by atoms with Gasteiger partial charge < -0.3 is 4.90 Å². The lowest BCUT2D eigenvalue weighted by molar-refractivity contribution is -0.135. The number of carbonyl (C=O) groups excluding carboxylic acids is 1. The topological polar surface area (TPSA) is 20.3 Å². The Balaban J connectivity index is 2.27. The van der Waals surface area contributed by atoms with E-state index < -0.39 is 0 Å². The van der Waals surface area contributed by atoms with Gasteiger partial charge in [-0.25, -0.2) is 0 Å². The summed E-state index contributed by atoms with van der Waals surface area (Å²) in [6, 6.07) is 10.7. The van der Waals surface area contributed by atoms with Gasteiger partial charge in [0.25, 0.3) is 0 Å². The maximum absolute atomic E-state index is 13.2. The van der Waals surface area contributed by atoms with Crippen LogP contribution in [0.1, 0.15) is 52.5 Å². The maximum Gasteiger partial charge on any atom is 0.230 e. The number of rotatable bonds is 4. The predicted octanol–water partition coefficient (Wildman–Crippen LogP) is 4.32. The number of benzene rings is 1. The summed E-state index contributed by atoms with van der Waals surface area (Å²) < 4.78 is 0. The lowest BCUT2D eigenvalue weighted by Gasteiger charge is -2.32. The minimum Gasteiger partial charge on any atom is -0.339 e. The van der Waals surface area contributed by atoms with E-state index in [1.54, 1.807) is 0 Å². The SMILES string of the molecule is CC1C[C@@H](C(C)C)N(C(=O)C(c2ccccc2)C(C)C)C1. The molecule has 21 heavy (non-hydrogen) atoms. The van der Waals surface area contributed by atoms with Crippen molar-refractivity contribution in [2.24, 2.45) is 17.8 Å². The van der Waals surface area contributed by atoms with Gasteiger partial charge in [0.1, 0.15) is 0 Å². The Bertz CT molecular complexity index is 466. The van der Waals surface area contributed by atoms with Crippen molar-refractivity contribution in [1.82, 2.24) is 4.90 Å². The Hall–Kier alpha value is -1.31. The van der Waals surface area contributed by atoms with Crippen LogP contribution in [-0.4, -0.2) is 23.4 Å². The van der Waals surface area contributed by atoms with Crippen molar-refractivity contribution in [3.05, 3.63) is 35.9 Å². The fourth-order valence-corrected chi connectivity index (χ4v) is 3.62. The van der Waals surface area contributed by atoms with Crippen LogP contribution in [0.15, 0.2) is 30.3 Å². The molecule has 116 valence electrons. The van der Waals surface area contributed by atoms with Crippen molar-refractivity contribution in [2.45, 2.75) is 53.0 Å². The lowest BCUT2D eigenvalue weighted by atomic mass is 9.86. The van der Waals surface area contributed by atoms with Crippen LogP contribution < -0.4 is 0 Å². The van der Waals surface area contributed by atoms with Gasteiger partial charge in [0.05, 0.1) is 5.92 Å². The first-order chi connectivity index (χ1) is 9.91. The summed E-state index contributed by atoms with van der Waals surface area (Å²) in [5, 5.41) is 0. The number of hydrogen-bond acceptors (Lipinski definition) is 1. The molecule has 0 N–H and O–H groups in total. The zero-order valence-corrected chi connectivity index (χ0v) is 14.0. The predicted molar refractivity (Wildman–Crippen MR) is 88.1 cm³/mol. The van der Waals surface area contributed by atoms with Crippen molar-refractivity contribution >= 4 is 5.91 Å². The summed E-state index contributed by atoms with van der Waals surface area (Å²) >= 11 is 0. The smallest absolute Gasteiger partial charge is 0.230 e. The first-order valence-corrected chi connectivity index (χ1v) is 8.27. The average molecular weight is 287 g/mol. The normalized spacial score (nSPS) is 23.9. The number of nitrogens with zero attached hydrogens (tertiary/aromatic N) is 1. The molecule has 0 aliphatic carbocycles. The van der Waals surface area contributed by atoms with Crippen LogP contribution in [0.3, 0.4) is 0 Å². The Labute approximate surface area is 129 Å². The van der Waals surface area contributed by atoms with Crippen LogP contribution in [0.4, 0.5) is 0 Å². The molecular weight excluding hydrogens is 258 g/mol. The molecule has 0 saturated carbocycles. The zero-order valence-electron chi connectivity index (χ0n) is 14.0. The molecule has 2 unspecified atom stereocenters. The van der Waals surface area contributed by atoms with Crippen LogP contribution in [-0.2, 0) is 4.79 Å². The molecule has 2 rings (SSSR count). The summed E-state index contributed by atoms with van der Waals surface area (Å²) in [5.41, 5.74) is 1.15. The highest BCUT2D eigenvalue weighted by molar-refractivity contribution is 5.84. The highest BCUT2D eigenvalue weighted by Crippen LogP contribution is 2.34. The summed E-state index contributed by atoms with van der Waals surface area (Å²) in [6.45, 7) is 11.9. The van der Waals surface area contributed by atoms with Gasteiger partial charge in [-0.3, -0.25) is 4.79 Å². The second-order valence-corrected chi connectivity index (χ2v) is 7.28. The molecule has 2 nitrogen and oxygen atoms in total. The van der Waals surface area contributed by atoms with E-state index in [0.29, 0.717) is 29.7 Å². The van der Waals surface area contributed by atoms with E-state index in [0.717, 1.165) is 18.5 Å². The van der Waals surface area contributed by atoms with Crippen molar-refractivity contribution < 1.29 is 4.79 Å². The Kier molecular flexibility index (Phi) is 5.08. The zero-order chi connectivity index (χ0) is 15.6. The van der Waals surface area contributed by atoms with Crippen LogP contribution in [0.25, 0.3) is 0 Å². The molecule has 1 aliphatic heterocycles. The lowest BCUT2D eigenvalue weighted by Crippen LogP contribution is -2.42. The molecule has 3 atom stereocenters. The summed E-state index contributed by atoms with van der Waals surface area (Å²) in [5.74, 6) is 1.77. The molecule has 1 saturated heterocycles. The fourth-order valence-electron chi connectivity index (χ4n) is 3.62. The monoisotopic (exact) mass is 287 g/mol. The van der Waals surface area contributed by atoms with Crippen molar-refractivity contribution in [3.63, 3.8) is 0 Å². The molecule has 0 spiro atoms. The van der Waals surface area contributed by atoms with Gasteiger partial charge in [0.2, 0.25) is 5.91 Å². The van der Waals surface area contributed by atoms with E-state index in [-0.39, 0.29) is 5.92 Å². The van der Waals surface area contributed by atoms with Crippen LogP contribution in [0.5, 0.6) is 0 Å². The van der Waals surface area contributed by atoms with Gasteiger partial charge >= 0.3 is 0 Å². The van der Waals surface area contributed by atoms with Gasteiger partial charge in [-0.1, -0.05) is 65.0 Å². The number of carbonyl (C=O) groups is 1. The van der Waals surface area contributed by atoms with Gasteiger partial charge in [0, 0.05) is 12.6 Å². The molecule has 1 heterocycles. The third kappa shape index (κ3) is 3.48. The summed E-state index contributed by atoms with van der Waals surface area (Å²) in [6.07, 6.45) is 1.14. The minimum absolute atomic E-state index is 0.0160. The standard InChI is InChI=1S/C19H29NO/c1-13(2)17-11-15(5)12-20(17)19(21)18(14(3)4)16-9-7-6-8-10-16/h6-10,13-15,17-18H,11-12H2,1-5H3/t15?,17-,18?/m0/s1. The van der Waals surface area contributed by atoms with E-state index in [9.17, 15) is 4.79 Å². The number of likely N-dealkylation sites (tertiary alicyclic amines) is 1. The van der Waals surface area contributed by atoms with Crippen molar-refractivity contribution in [3.8, 4) is 0 Å². The molecule has 0 radical (unpaired) electrons. The van der Waals surface area contributed by atoms with Crippen LogP contribution in [0, 0.1) is 17.8 Å². The highest BCUT2D eigenvalue weighted by Gasteiger charge is 2.38. The van der Waals surface area contributed by atoms with Crippen molar-refractivity contribution in [1.29, 1.82) is 0 Å². The Morgan fingerprint density at radius 2 is 1.76 bits per heavy atom.